The van der Waals surface area contributed by atoms with Gasteiger partial charge in [0.05, 0.1) is 0 Å². The lowest BCUT2D eigenvalue weighted by Crippen LogP contribution is -2.23. The molecule has 0 heteroatoms. The van der Waals surface area contributed by atoms with Crippen LogP contribution in [0.25, 0.3) is 0 Å². The highest BCUT2D eigenvalue weighted by molar-refractivity contribution is 5.23. The van der Waals surface area contributed by atoms with E-state index in [9.17, 15) is 0 Å². The van der Waals surface area contributed by atoms with Crippen molar-refractivity contribution in [1.29, 1.82) is 0 Å². The van der Waals surface area contributed by atoms with Crippen LogP contribution in [0.5, 0.6) is 0 Å². The average molecular weight is 317 g/mol. The van der Waals surface area contributed by atoms with E-state index in [4.69, 9.17) is 0 Å². The van der Waals surface area contributed by atoms with Gasteiger partial charge in [0.25, 0.3) is 0 Å². The van der Waals surface area contributed by atoms with Gasteiger partial charge in [0.15, 0.2) is 0 Å². The second kappa shape index (κ2) is 9.30. The summed E-state index contributed by atoms with van der Waals surface area (Å²) in [6.45, 7) is 22.9. The SMILES string of the molecule is CC(C)/C(=C/C=C/C=C/C=C/C(C(C)C)C(C)(C)C)C(C)(C)C. The summed E-state index contributed by atoms with van der Waals surface area (Å²) in [5, 5.41) is 0. The molecule has 0 aliphatic heterocycles. The van der Waals surface area contributed by atoms with E-state index in [1.54, 1.807) is 0 Å². The molecule has 0 bridgehead atoms. The predicted molar refractivity (Wildman–Crippen MR) is 108 cm³/mol. The maximum Gasteiger partial charge on any atom is -0.0159 e. The molecule has 0 nitrogen and oxygen atoms in total. The Hall–Kier alpha value is -1.04. The van der Waals surface area contributed by atoms with Crippen molar-refractivity contribution in [2.24, 2.45) is 28.6 Å². The zero-order valence-corrected chi connectivity index (χ0v) is 17.3. The number of hydrogen-bond acceptors (Lipinski definition) is 0. The molecule has 0 N–H and O–H groups in total. The molecular weight excluding hydrogens is 276 g/mol. The summed E-state index contributed by atoms with van der Waals surface area (Å²) in [5.74, 6) is 1.85. The standard InChI is InChI=1S/C23H40/c1-18(2)20(22(5,6)7)16-14-12-11-13-15-17-21(19(3)4)23(8,9)10/h11-20H,1-10H3/b12-11+,15-13+,16-14+,21-17-. The van der Waals surface area contributed by atoms with Gasteiger partial charge in [0.2, 0.25) is 0 Å². The van der Waals surface area contributed by atoms with E-state index in [0.29, 0.717) is 23.2 Å². The summed E-state index contributed by atoms with van der Waals surface area (Å²) in [4.78, 5) is 0. The molecule has 0 aliphatic carbocycles. The Bertz CT molecular complexity index is 439. The zero-order valence-electron chi connectivity index (χ0n) is 17.3. The molecule has 0 aliphatic rings. The van der Waals surface area contributed by atoms with Gasteiger partial charge in [-0.3, -0.25) is 0 Å². The Morgan fingerprint density at radius 3 is 1.57 bits per heavy atom. The predicted octanol–water partition coefficient (Wildman–Crippen LogP) is 7.60. The Labute approximate surface area is 146 Å². The molecule has 1 atom stereocenters. The van der Waals surface area contributed by atoms with Gasteiger partial charge in [-0.25, -0.2) is 0 Å². The molecule has 0 saturated heterocycles. The highest BCUT2D eigenvalue weighted by Crippen LogP contribution is 2.33. The van der Waals surface area contributed by atoms with Crippen molar-refractivity contribution in [2.75, 3.05) is 0 Å². The van der Waals surface area contributed by atoms with E-state index in [0.717, 1.165) is 0 Å². The van der Waals surface area contributed by atoms with Gasteiger partial charge in [0, 0.05) is 0 Å². The molecule has 0 fully saturated rings. The summed E-state index contributed by atoms with van der Waals surface area (Å²) < 4.78 is 0. The topological polar surface area (TPSA) is 0 Å². The Kier molecular flexibility index (Phi) is 8.88. The Balaban J connectivity index is 4.80. The monoisotopic (exact) mass is 316 g/mol. The second-order valence-corrected chi connectivity index (χ2v) is 9.32. The molecule has 0 aromatic heterocycles. The number of allylic oxidation sites excluding steroid dienone is 8. The van der Waals surface area contributed by atoms with E-state index in [-0.39, 0.29) is 5.41 Å². The lowest BCUT2D eigenvalue weighted by atomic mass is 9.74. The number of hydrogen-bond donors (Lipinski definition) is 0. The van der Waals surface area contributed by atoms with Crippen LogP contribution in [-0.2, 0) is 0 Å². The molecule has 0 rings (SSSR count). The van der Waals surface area contributed by atoms with Gasteiger partial charge in [0.1, 0.15) is 0 Å². The third-order valence-corrected chi connectivity index (χ3v) is 4.24. The summed E-state index contributed by atoms with van der Waals surface area (Å²) >= 11 is 0. The fourth-order valence-corrected chi connectivity index (χ4v) is 3.35. The summed E-state index contributed by atoms with van der Waals surface area (Å²) in [7, 11) is 0. The summed E-state index contributed by atoms with van der Waals surface area (Å²) in [6, 6.07) is 0. The first-order valence-electron chi connectivity index (χ1n) is 9.09. The largest absolute Gasteiger partial charge is 0.0806 e. The summed E-state index contributed by atoms with van der Waals surface area (Å²) in [6.07, 6.45) is 15.3. The Morgan fingerprint density at radius 1 is 0.696 bits per heavy atom. The van der Waals surface area contributed by atoms with E-state index < -0.39 is 0 Å². The third-order valence-electron chi connectivity index (χ3n) is 4.24. The van der Waals surface area contributed by atoms with Crippen LogP contribution >= 0.6 is 0 Å². The minimum Gasteiger partial charge on any atom is -0.0806 e. The first-order valence-corrected chi connectivity index (χ1v) is 9.09. The van der Waals surface area contributed by atoms with Crippen molar-refractivity contribution in [2.45, 2.75) is 69.2 Å². The van der Waals surface area contributed by atoms with Crippen LogP contribution in [0.1, 0.15) is 69.2 Å². The molecule has 0 amide bonds. The molecule has 0 heterocycles. The van der Waals surface area contributed by atoms with Crippen molar-refractivity contribution >= 4 is 0 Å². The molecule has 0 aromatic rings. The van der Waals surface area contributed by atoms with Crippen LogP contribution in [0.15, 0.2) is 48.1 Å². The first-order chi connectivity index (χ1) is 10.4. The van der Waals surface area contributed by atoms with Gasteiger partial charge in [-0.1, -0.05) is 117 Å². The molecule has 0 spiro atoms. The van der Waals surface area contributed by atoms with Gasteiger partial charge in [-0.15, -0.1) is 0 Å². The molecule has 132 valence electrons. The van der Waals surface area contributed by atoms with Crippen molar-refractivity contribution in [1.82, 2.24) is 0 Å². The molecule has 1 unspecified atom stereocenters. The first kappa shape index (κ1) is 22.0. The van der Waals surface area contributed by atoms with Crippen LogP contribution in [0.4, 0.5) is 0 Å². The smallest absolute Gasteiger partial charge is 0.0159 e. The lowest BCUT2D eigenvalue weighted by molar-refractivity contribution is 0.230. The van der Waals surface area contributed by atoms with E-state index in [1.807, 2.05) is 0 Å². The van der Waals surface area contributed by atoms with Crippen molar-refractivity contribution < 1.29 is 0 Å². The molecule has 0 radical (unpaired) electrons. The second-order valence-electron chi connectivity index (χ2n) is 9.32. The van der Waals surface area contributed by atoms with Crippen LogP contribution in [0, 0.1) is 28.6 Å². The van der Waals surface area contributed by atoms with Crippen molar-refractivity contribution in [3.05, 3.63) is 48.1 Å². The molecular formula is C23H40. The maximum atomic E-state index is 2.35. The minimum atomic E-state index is 0.235. The normalized spacial score (nSPS) is 16.6. The zero-order chi connectivity index (χ0) is 18.3. The van der Waals surface area contributed by atoms with Gasteiger partial charge < -0.3 is 0 Å². The van der Waals surface area contributed by atoms with E-state index in [2.05, 4.69) is 112 Å². The van der Waals surface area contributed by atoms with E-state index in [1.165, 1.54) is 5.57 Å². The summed E-state index contributed by atoms with van der Waals surface area (Å²) in [5.41, 5.74) is 2.04. The highest BCUT2D eigenvalue weighted by atomic mass is 14.3. The van der Waals surface area contributed by atoms with Gasteiger partial charge in [-0.05, 0) is 28.6 Å². The highest BCUT2D eigenvalue weighted by Gasteiger charge is 2.24. The molecule has 0 saturated carbocycles. The average Bonchev–Trinajstić information content (AvgIpc) is 2.32. The van der Waals surface area contributed by atoms with Crippen LogP contribution in [-0.4, -0.2) is 0 Å². The third kappa shape index (κ3) is 8.98. The Morgan fingerprint density at radius 2 is 1.17 bits per heavy atom. The van der Waals surface area contributed by atoms with Crippen molar-refractivity contribution in [3.8, 4) is 0 Å². The van der Waals surface area contributed by atoms with Crippen LogP contribution in [0.3, 0.4) is 0 Å². The molecule has 23 heavy (non-hydrogen) atoms. The number of rotatable bonds is 6. The van der Waals surface area contributed by atoms with Crippen molar-refractivity contribution in [3.63, 3.8) is 0 Å². The minimum absolute atomic E-state index is 0.235. The maximum absolute atomic E-state index is 2.35. The quantitative estimate of drug-likeness (QED) is 0.442. The van der Waals surface area contributed by atoms with Gasteiger partial charge >= 0.3 is 0 Å². The lowest BCUT2D eigenvalue weighted by Gasteiger charge is -2.31. The fraction of sp³-hybridized carbons (Fsp3) is 0.652. The van der Waals surface area contributed by atoms with E-state index >= 15 is 0 Å². The van der Waals surface area contributed by atoms with Crippen LogP contribution < -0.4 is 0 Å². The van der Waals surface area contributed by atoms with Crippen LogP contribution in [0.2, 0.25) is 0 Å². The fourth-order valence-electron chi connectivity index (χ4n) is 3.35. The molecule has 0 aromatic carbocycles. The van der Waals surface area contributed by atoms with Gasteiger partial charge in [-0.2, -0.15) is 0 Å².